The van der Waals surface area contributed by atoms with E-state index in [2.05, 4.69) is 0 Å². The van der Waals surface area contributed by atoms with Crippen molar-refractivity contribution in [3.05, 3.63) is 0 Å². The fraction of sp³-hybridized carbons (Fsp3) is 0.846. The zero-order valence-electron chi connectivity index (χ0n) is 11.5. The van der Waals surface area contributed by atoms with Gasteiger partial charge in [0.15, 0.2) is 5.78 Å². The minimum absolute atomic E-state index is 0.0348. The summed E-state index contributed by atoms with van der Waals surface area (Å²) in [5.41, 5.74) is -0.248. The van der Waals surface area contributed by atoms with E-state index in [1.165, 1.54) is 0 Å². The lowest BCUT2D eigenvalue weighted by atomic mass is 9.85. The first kappa shape index (κ1) is 16.1. The molecule has 0 spiro atoms. The van der Waals surface area contributed by atoms with Gasteiger partial charge in [-0.1, -0.05) is 20.8 Å². The van der Waals surface area contributed by atoms with Crippen molar-refractivity contribution in [2.24, 2.45) is 5.41 Å². The van der Waals surface area contributed by atoms with Gasteiger partial charge in [0.2, 0.25) is 0 Å². The molecule has 4 heteroatoms. The second-order valence-electron chi connectivity index (χ2n) is 4.97. The second-order valence-corrected chi connectivity index (χ2v) is 4.97. The molecule has 0 aliphatic carbocycles. The van der Waals surface area contributed by atoms with Crippen LogP contribution in [-0.2, 0) is 19.1 Å². The third kappa shape index (κ3) is 6.41. The molecule has 0 radical (unpaired) electrons. The largest absolute Gasteiger partial charge is 0.466 e. The molecule has 0 bridgehead atoms. The Balaban J connectivity index is 4.29. The molecule has 1 unspecified atom stereocenters. The van der Waals surface area contributed by atoms with Crippen LogP contribution in [0.3, 0.4) is 0 Å². The van der Waals surface area contributed by atoms with Gasteiger partial charge >= 0.3 is 5.97 Å². The maximum absolute atomic E-state index is 12.0. The number of ether oxygens (including phenoxy) is 2. The molecule has 0 N–H and O–H groups in total. The predicted octanol–water partition coefficient (Wildman–Crippen LogP) is 2.35. The maximum atomic E-state index is 12.0. The fourth-order valence-corrected chi connectivity index (χ4v) is 1.58. The summed E-state index contributed by atoms with van der Waals surface area (Å²) in [6.07, 6.45) is -0.144. The lowest BCUT2D eigenvalue weighted by Gasteiger charge is -2.29. The molecule has 4 nitrogen and oxygen atoms in total. The van der Waals surface area contributed by atoms with Crippen molar-refractivity contribution in [2.75, 3.05) is 13.2 Å². The van der Waals surface area contributed by atoms with Crippen LogP contribution >= 0.6 is 0 Å². The predicted molar refractivity (Wildman–Crippen MR) is 65.7 cm³/mol. The van der Waals surface area contributed by atoms with Crippen molar-refractivity contribution in [2.45, 2.75) is 53.6 Å². The average molecular weight is 244 g/mol. The van der Waals surface area contributed by atoms with E-state index in [0.717, 1.165) is 0 Å². The van der Waals surface area contributed by atoms with Gasteiger partial charge in [0.25, 0.3) is 0 Å². The number of ketones is 1. The third-order valence-electron chi connectivity index (χ3n) is 2.29. The molecule has 0 rings (SSSR count). The molecule has 0 amide bonds. The van der Waals surface area contributed by atoms with E-state index < -0.39 is 6.10 Å². The lowest BCUT2D eigenvalue weighted by molar-refractivity contribution is -0.147. The molecule has 0 saturated carbocycles. The first-order chi connectivity index (χ1) is 7.82. The topological polar surface area (TPSA) is 52.6 Å². The van der Waals surface area contributed by atoms with Crippen LogP contribution < -0.4 is 0 Å². The van der Waals surface area contributed by atoms with Crippen LogP contribution in [0.5, 0.6) is 0 Å². The third-order valence-corrected chi connectivity index (χ3v) is 2.29. The highest BCUT2D eigenvalue weighted by Gasteiger charge is 2.31. The summed E-state index contributed by atoms with van der Waals surface area (Å²) in [5, 5.41) is 0. The quantitative estimate of drug-likeness (QED) is 0.645. The minimum atomic E-state index is -0.457. The Morgan fingerprint density at radius 2 is 1.65 bits per heavy atom. The van der Waals surface area contributed by atoms with Gasteiger partial charge in [0.05, 0.1) is 13.0 Å². The number of hydrogen-bond donors (Lipinski definition) is 0. The van der Waals surface area contributed by atoms with E-state index in [0.29, 0.717) is 13.2 Å². The van der Waals surface area contributed by atoms with Crippen molar-refractivity contribution >= 4 is 11.8 Å². The molecule has 1 atom stereocenters. The number of hydrogen-bond acceptors (Lipinski definition) is 4. The van der Waals surface area contributed by atoms with E-state index in [1.807, 2.05) is 27.7 Å². The Labute approximate surface area is 104 Å². The van der Waals surface area contributed by atoms with Crippen LogP contribution in [0.2, 0.25) is 0 Å². The van der Waals surface area contributed by atoms with E-state index in [9.17, 15) is 9.59 Å². The minimum Gasteiger partial charge on any atom is -0.466 e. The van der Waals surface area contributed by atoms with Gasteiger partial charge < -0.3 is 9.47 Å². The Kier molecular flexibility index (Phi) is 7.04. The van der Waals surface area contributed by atoms with Gasteiger partial charge in [-0.05, 0) is 19.3 Å². The van der Waals surface area contributed by atoms with Crippen LogP contribution in [-0.4, -0.2) is 31.1 Å². The highest BCUT2D eigenvalue weighted by Crippen LogP contribution is 2.24. The Hall–Kier alpha value is -0.900. The summed E-state index contributed by atoms with van der Waals surface area (Å²) in [6.45, 7) is 10.3. The zero-order chi connectivity index (χ0) is 13.5. The normalized spacial score (nSPS) is 13.2. The summed E-state index contributed by atoms with van der Waals surface area (Å²) < 4.78 is 10.2. The highest BCUT2D eigenvalue weighted by atomic mass is 16.5. The first-order valence-electron chi connectivity index (χ1n) is 6.12. The van der Waals surface area contributed by atoms with Crippen molar-refractivity contribution in [1.29, 1.82) is 0 Å². The molecular formula is C13H24O4. The van der Waals surface area contributed by atoms with Crippen molar-refractivity contribution < 1.29 is 19.1 Å². The Morgan fingerprint density at radius 1 is 1.06 bits per heavy atom. The van der Waals surface area contributed by atoms with E-state index in [4.69, 9.17) is 9.47 Å². The molecule has 0 aromatic heterocycles. The van der Waals surface area contributed by atoms with Gasteiger partial charge in [-0.15, -0.1) is 0 Å². The van der Waals surface area contributed by atoms with Gasteiger partial charge in [-0.3, -0.25) is 9.59 Å². The van der Waals surface area contributed by atoms with Gasteiger partial charge in [-0.25, -0.2) is 0 Å². The molecule has 0 saturated heterocycles. The van der Waals surface area contributed by atoms with E-state index >= 15 is 0 Å². The molecular weight excluding hydrogens is 220 g/mol. The van der Waals surface area contributed by atoms with Gasteiger partial charge in [-0.2, -0.15) is 0 Å². The molecule has 0 aliphatic rings. The maximum Gasteiger partial charge on any atom is 0.306 e. The summed E-state index contributed by atoms with van der Waals surface area (Å²) in [7, 11) is 0. The fourth-order valence-electron chi connectivity index (χ4n) is 1.58. The summed E-state index contributed by atoms with van der Waals surface area (Å²) in [5.74, 6) is -0.364. The molecule has 0 aliphatic heterocycles. The number of Topliss-reactive ketones (excluding diaryl/α,β-unsaturated/α-hetero) is 1. The van der Waals surface area contributed by atoms with Crippen LogP contribution in [0.1, 0.15) is 47.5 Å². The highest BCUT2D eigenvalue weighted by molar-refractivity contribution is 5.87. The summed E-state index contributed by atoms with van der Waals surface area (Å²) in [4.78, 5) is 23.1. The van der Waals surface area contributed by atoms with Gasteiger partial charge in [0, 0.05) is 13.0 Å². The Morgan fingerprint density at radius 3 is 2.06 bits per heavy atom. The molecule has 0 aromatic rings. The molecule has 0 fully saturated rings. The average Bonchev–Trinajstić information content (AvgIpc) is 2.21. The van der Waals surface area contributed by atoms with E-state index in [1.54, 1.807) is 6.92 Å². The smallest absolute Gasteiger partial charge is 0.306 e. The zero-order valence-corrected chi connectivity index (χ0v) is 11.5. The van der Waals surface area contributed by atoms with Crippen LogP contribution in [0, 0.1) is 5.41 Å². The van der Waals surface area contributed by atoms with Crippen molar-refractivity contribution in [3.63, 3.8) is 0 Å². The lowest BCUT2D eigenvalue weighted by Crippen LogP contribution is -2.37. The number of esters is 1. The van der Waals surface area contributed by atoms with Crippen molar-refractivity contribution in [1.82, 2.24) is 0 Å². The van der Waals surface area contributed by atoms with Crippen LogP contribution in [0.4, 0.5) is 0 Å². The number of carbonyl (C=O) groups is 2. The molecule has 17 heavy (non-hydrogen) atoms. The van der Waals surface area contributed by atoms with E-state index in [-0.39, 0.29) is 30.0 Å². The second kappa shape index (κ2) is 7.43. The summed E-state index contributed by atoms with van der Waals surface area (Å²) >= 11 is 0. The van der Waals surface area contributed by atoms with Crippen molar-refractivity contribution in [3.8, 4) is 0 Å². The standard InChI is InChI=1S/C13H24O4/c1-6-16-11(15)9-8-10(14)12(17-7-2)13(3,4)5/h12H,6-9H2,1-5H3. The Bertz CT molecular complexity index is 253. The monoisotopic (exact) mass is 244 g/mol. The molecule has 100 valence electrons. The van der Waals surface area contributed by atoms with Crippen LogP contribution in [0.15, 0.2) is 0 Å². The summed E-state index contributed by atoms with van der Waals surface area (Å²) in [6, 6.07) is 0. The first-order valence-corrected chi connectivity index (χ1v) is 6.12. The molecule has 0 heterocycles. The number of carbonyl (C=O) groups excluding carboxylic acids is 2. The SMILES string of the molecule is CCOC(=O)CCC(=O)C(OCC)C(C)(C)C. The van der Waals surface area contributed by atoms with Crippen LogP contribution in [0.25, 0.3) is 0 Å². The molecule has 0 aromatic carbocycles. The van der Waals surface area contributed by atoms with Gasteiger partial charge in [0.1, 0.15) is 6.10 Å². The number of rotatable bonds is 7.